The molecule has 0 saturated carbocycles. The van der Waals surface area contributed by atoms with E-state index in [0.29, 0.717) is 0 Å². The smallest absolute Gasteiger partial charge is 0.336 e. The van der Waals surface area contributed by atoms with E-state index in [-0.39, 0.29) is 17.9 Å². The van der Waals surface area contributed by atoms with Crippen molar-refractivity contribution in [1.82, 2.24) is 9.47 Å². The highest BCUT2D eigenvalue weighted by molar-refractivity contribution is 5.91. The second-order valence-electron chi connectivity index (χ2n) is 10.1. The predicted molar refractivity (Wildman–Crippen MR) is 132 cm³/mol. The van der Waals surface area contributed by atoms with Gasteiger partial charge in [0.1, 0.15) is 5.60 Å². The topological polar surface area (TPSA) is 34.5 Å². The molecule has 3 heterocycles. The van der Waals surface area contributed by atoms with Crippen LogP contribution < -0.4 is 0 Å². The van der Waals surface area contributed by atoms with E-state index in [4.69, 9.17) is 4.74 Å². The van der Waals surface area contributed by atoms with Crippen LogP contribution in [0.25, 0.3) is 11.3 Å². The van der Waals surface area contributed by atoms with Crippen LogP contribution in [0.2, 0.25) is 0 Å². The zero-order valence-electron chi connectivity index (χ0n) is 19.9. The third-order valence-corrected chi connectivity index (χ3v) is 6.81. The number of allylic oxidation sites excluding steroid dienone is 1. The average molecular weight is 441 g/mol. The van der Waals surface area contributed by atoms with E-state index < -0.39 is 5.60 Å². The molecule has 0 saturated heterocycles. The van der Waals surface area contributed by atoms with Gasteiger partial charge in [0.05, 0.1) is 11.6 Å². The molecule has 0 aliphatic carbocycles. The second kappa shape index (κ2) is 8.26. The largest absolute Gasteiger partial charge is 0.457 e. The van der Waals surface area contributed by atoms with Gasteiger partial charge in [-0.3, -0.25) is 0 Å². The third-order valence-electron chi connectivity index (χ3n) is 6.81. The van der Waals surface area contributed by atoms with Crippen LogP contribution in [0, 0.1) is 0 Å². The molecule has 4 nitrogen and oxygen atoms in total. The lowest BCUT2D eigenvalue weighted by Crippen LogP contribution is -2.43. The normalized spacial score (nSPS) is 20.3. The van der Waals surface area contributed by atoms with Crippen molar-refractivity contribution in [1.29, 1.82) is 0 Å². The number of ether oxygens (including phenoxy) is 1. The Bertz CT molecular complexity index is 1190. The van der Waals surface area contributed by atoms with Crippen molar-refractivity contribution in [2.24, 2.45) is 0 Å². The molecule has 3 aromatic rings. The van der Waals surface area contributed by atoms with E-state index in [9.17, 15) is 4.79 Å². The van der Waals surface area contributed by atoms with E-state index in [0.717, 1.165) is 30.8 Å². The van der Waals surface area contributed by atoms with Gasteiger partial charge in [0.15, 0.2) is 0 Å². The van der Waals surface area contributed by atoms with Gasteiger partial charge in [-0.25, -0.2) is 4.79 Å². The van der Waals surface area contributed by atoms with E-state index in [2.05, 4.69) is 83.1 Å². The van der Waals surface area contributed by atoms with Crippen LogP contribution >= 0.6 is 0 Å². The second-order valence-corrected chi connectivity index (χ2v) is 10.1. The molecule has 4 heteroatoms. The highest BCUT2D eigenvalue weighted by atomic mass is 16.6. The van der Waals surface area contributed by atoms with Gasteiger partial charge < -0.3 is 14.2 Å². The zero-order chi connectivity index (χ0) is 23.2. The monoisotopic (exact) mass is 440 g/mol. The number of rotatable bonds is 3. The number of carbonyl (C=O) groups is 1. The number of benzene rings is 2. The Morgan fingerprint density at radius 3 is 2.24 bits per heavy atom. The molecule has 0 bridgehead atoms. The molecule has 0 fully saturated rings. The third kappa shape index (κ3) is 3.99. The number of hydrogen-bond acceptors (Lipinski definition) is 3. The van der Waals surface area contributed by atoms with Crippen molar-refractivity contribution in [3.05, 3.63) is 95.3 Å². The van der Waals surface area contributed by atoms with E-state index >= 15 is 0 Å². The Labute approximate surface area is 196 Å². The quantitative estimate of drug-likeness (QED) is 0.447. The summed E-state index contributed by atoms with van der Waals surface area (Å²) in [5.41, 5.74) is 6.32. The van der Waals surface area contributed by atoms with Crippen LogP contribution in [-0.2, 0) is 16.1 Å². The maximum atomic E-state index is 13.4. The average Bonchev–Trinajstić information content (AvgIpc) is 3.23. The number of esters is 1. The predicted octanol–water partition coefficient (Wildman–Crippen LogP) is 6.32. The number of nitrogens with zero attached hydrogens (tertiary/aromatic N) is 2. The molecule has 2 atom stereocenters. The zero-order valence-corrected chi connectivity index (χ0v) is 19.9. The number of aromatic nitrogens is 1. The van der Waals surface area contributed by atoms with Crippen LogP contribution in [0.3, 0.4) is 0 Å². The van der Waals surface area contributed by atoms with Gasteiger partial charge in [-0.1, -0.05) is 60.7 Å². The molecule has 170 valence electrons. The Balaban J connectivity index is 1.58. The standard InChI is InChI=1S/C29H32N2O2/c1-20-27(28(32)33-29(2,3)4)23(21-11-7-5-8-12-21)19-26-25-16-15-24(22-13-9-6-10-14-22)31(25)18-17-30(20)26/h5-16,23,26H,17-19H2,1-4H3/t23-,26?/m0/s1. The first-order chi connectivity index (χ1) is 15.8. The summed E-state index contributed by atoms with van der Waals surface area (Å²) in [7, 11) is 0. The molecule has 2 aliphatic heterocycles. The fourth-order valence-electron chi connectivity index (χ4n) is 5.42. The molecule has 0 radical (unpaired) electrons. The summed E-state index contributed by atoms with van der Waals surface area (Å²) in [4.78, 5) is 15.8. The highest BCUT2D eigenvalue weighted by Crippen LogP contribution is 2.47. The fourth-order valence-corrected chi connectivity index (χ4v) is 5.42. The first-order valence-electron chi connectivity index (χ1n) is 11.8. The van der Waals surface area contributed by atoms with Crippen LogP contribution in [0.4, 0.5) is 0 Å². The van der Waals surface area contributed by atoms with E-state index in [1.54, 1.807) is 0 Å². The van der Waals surface area contributed by atoms with Crippen molar-refractivity contribution in [3.63, 3.8) is 0 Å². The molecule has 1 aromatic heterocycles. The molecular weight excluding hydrogens is 408 g/mol. The first-order valence-corrected chi connectivity index (χ1v) is 11.8. The van der Waals surface area contributed by atoms with Gasteiger partial charge in [-0.15, -0.1) is 0 Å². The summed E-state index contributed by atoms with van der Waals surface area (Å²) in [5, 5.41) is 0. The molecule has 0 spiro atoms. The maximum absolute atomic E-state index is 13.4. The Morgan fingerprint density at radius 1 is 0.909 bits per heavy atom. The lowest BCUT2D eigenvalue weighted by molar-refractivity contribution is -0.150. The molecule has 33 heavy (non-hydrogen) atoms. The summed E-state index contributed by atoms with van der Waals surface area (Å²) >= 11 is 0. The maximum Gasteiger partial charge on any atom is 0.336 e. The van der Waals surface area contributed by atoms with Crippen molar-refractivity contribution < 1.29 is 9.53 Å². The van der Waals surface area contributed by atoms with Gasteiger partial charge in [-0.2, -0.15) is 0 Å². The molecule has 1 unspecified atom stereocenters. The summed E-state index contributed by atoms with van der Waals surface area (Å²) in [6.07, 6.45) is 0.855. The van der Waals surface area contributed by atoms with Gasteiger partial charge in [0.2, 0.25) is 0 Å². The van der Waals surface area contributed by atoms with Gasteiger partial charge >= 0.3 is 5.97 Å². The molecule has 0 N–H and O–H groups in total. The van der Waals surface area contributed by atoms with Crippen molar-refractivity contribution in [3.8, 4) is 11.3 Å². The molecule has 0 amide bonds. The SMILES string of the molecule is CC1=C(C(=O)OC(C)(C)C)[C@H](c2ccccc2)CC2c3ccc(-c4ccccc4)n3CCN12. The first kappa shape index (κ1) is 21.6. The minimum Gasteiger partial charge on any atom is -0.457 e. The molecular formula is C29H32N2O2. The lowest BCUT2D eigenvalue weighted by Gasteiger charge is -2.46. The minimum absolute atomic E-state index is 0.00363. The van der Waals surface area contributed by atoms with E-state index in [1.807, 2.05) is 26.8 Å². The van der Waals surface area contributed by atoms with Crippen LogP contribution in [-0.4, -0.2) is 27.6 Å². The van der Waals surface area contributed by atoms with Crippen LogP contribution in [0.15, 0.2) is 84.1 Å². The number of hydrogen-bond donors (Lipinski definition) is 0. The summed E-state index contributed by atoms with van der Waals surface area (Å²) < 4.78 is 8.34. The van der Waals surface area contributed by atoms with E-state index in [1.165, 1.54) is 22.5 Å². The summed E-state index contributed by atoms with van der Waals surface area (Å²) in [6, 6.07) is 25.7. The van der Waals surface area contributed by atoms with Crippen molar-refractivity contribution >= 4 is 5.97 Å². The summed E-state index contributed by atoms with van der Waals surface area (Å²) in [6.45, 7) is 9.68. The van der Waals surface area contributed by atoms with Gasteiger partial charge in [-0.05, 0) is 57.4 Å². The molecule has 5 rings (SSSR count). The Morgan fingerprint density at radius 2 is 1.58 bits per heavy atom. The van der Waals surface area contributed by atoms with Gasteiger partial charge in [0.25, 0.3) is 0 Å². The molecule has 2 aliphatic rings. The number of carbonyl (C=O) groups excluding carboxylic acids is 1. The lowest BCUT2D eigenvalue weighted by atomic mass is 9.79. The summed E-state index contributed by atoms with van der Waals surface area (Å²) in [5.74, 6) is -0.192. The Hall–Kier alpha value is -3.27. The molecule has 2 aromatic carbocycles. The number of fused-ring (bicyclic) bond motifs is 3. The van der Waals surface area contributed by atoms with Crippen molar-refractivity contribution in [2.75, 3.05) is 6.54 Å². The highest BCUT2D eigenvalue weighted by Gasteiger charge is 2.41. The minimum atomic E-state index is -0.524. The fraction of sp³-hybridized carbons (Fsp3) is 0.345. The van der Waals surface area contributed by atoms with Gasteiger partial charge in [0, 0.05) is 36.1 Å². The Kier molecular flexibility index (Phi) is 5.40. The van der Waals surface area contributed by atoms with Crippen LogP contribution in [0.5, 0.6) is 0 Å². The van der Waals surface area contributed by atoms with Crippen LogP contribution in [0.1, 0.15) is 57.3 Å². The van der Waals surface area contributed by atoms with Crippen molar-refractivity contribution in [2.45, 2.75) is 58.2 Å².